The summed E-state index contributed by atoms with van der Waals surface area (Å²) >= 11 is 1.64. The number of likely N-dealkylation sites (tertiary alicyclic amines) is 1. The summed E-state index contributed by atoms with van der Waals surface area (Å²) in [6.07, 6.45) is 6.97. The summed E-state index contributed by atoms with van der Waals surface area (Å²) in [7, 11) is 0. The maximum absolute atomic E-state index is 11.9. The number of amides is 1. The zero-order valence-electron chi connectivity index (χ0n) is 9.99. The fourth-order valence-electron chi connectivity index (χ4n) is 1.91. The van der Waals surface area contributed by atoms with Gasteiger partial charge >= 0.3 is 0 Å². The van der Waals surface area contributed by atoms with Gasteiger partial charge in [0.1, 0.15) is 0 Å². The first-order valence-corrected chi connectivity index (χ1v) is 7.46. The monoisotopic (exact) mass is 245 g/mol. The van der Waals surface area contributed by atoms with E-state index < -0.39 is 0 Å². The van der Waals surface area contributed by atoms with Crippen molar-refractivity contribution < 1.29 is 9.90 Å². The molecule has 1 aliphatic heterocycles. The Morgan fingerprint density at radius 1 is 1.12 bits per heavy atom. The van der Waals surface area contributed by atoms with Crippen molar-refractivity contribution in [2.24, 2.45) is 0 Å². The highest BCUT2D eigenvalue weighted by Gasteiger charge is 2.14. The summed E-state index contributed by atoms with van der Waals surface area (Å²) in [5, 5.41) is 8.64. The van der Waals surface area contributed by atoms with E-state index >= 15 is 0 Å². The Morgan fingerprint density at radius 3 is 2.38 bits per heavy atom. The largest absolute Gasteiger partial charge is 0.396 e. The predicted octanol–water partition coefficient (Wildman–Crippen LogP) is 1.89. The molecule has 1 amide bonds. The molecule has 1 fully saturated rings. The van der Waals surface area contributed by atoms with Crippen LogP contribution in [0.15, 0.2) is 0 Å². The van der Waals surface area contributed by atoms with Crippen molar-refractivity contribution in [3.05, 3.63) is 0 Å². The second-order valence-electron chi connectivity index (χ2n) is 4.28. The Bertz CT molecular complexity index is 191. The number of thioether (sulfide) groups is 1. The second-order valence-corrected chi connectivity index (χ2v) is 5.38. The molecule has 0 aliphatic carbocycles. The molecular weight excluding hydrogens is 222 g/mol. The van der Waals surface area contributed by atoms with Crippen molar-refractivity contribution in [1.29, 1.82) is 0 Å². The van der Waals surface area contributed by atoms with Crippen LogP contribution in [-0.4, -0.2) is 47.1 Å². The van der Waals surface area contributed by atoms with Crippen LogP contribution in [0.4, 0.5) is 0 Å². The van der Waals surface area contributed by atoms with Crippen LogP contribution < -0.4 is 0 Å². The average molecular weight is 245 g/mol. The molecule has 1 saturated heterocycles. The topological polar surface area (TPSA) is 40.5 Å². The van der Waals surface area contributed by atoms with Crippen molar-refractivity contribution in [2.75, 3.05) is 31.2 Å². The standard InChI is InChI=1S/C12H23NO2S/c14-9-6-10-16-11-12(15)13-7-4-2-1-3-5-8-13/h14H,1-11H2. The van der Waals surface area contributed by atoms with Crippen LogP contribution in [0.5, 0.6) is 0 Å². The molecule has 1 rings (SSSR count). The highest BCUT2D eigenvalue weighted by molar-refractivity contribution is 7.99. The molecule has 1 heterocycles. The fraction of sp³-hybridized carbons (Fsp3) is 0.917. The van der Waals surface area contributed by atoms with E-state index in [2.05, 4.69) is 0 Å². The van der Waals surface area contributed by atoms with Crippen LogP contribution in [0.25, 0.3) is 0 Å². The lowest BCUT2D eigenvalue weighted by Crippen LogP contribution is -2.35. The highest BCUT2D eigenvalue weighted by atomic mass is 32.2. The Hall–Kier alpha value is -0.220. The van der Waals surface area contributed by atoms with Crippen LogP contribution in [0.3, 0.4) is 0 Å². The molecule has 1 aliphatic rings. The molecule has 0 aromatic rings. The molecule has 0 bridgehead atoms. The third kappa shape index (κ3) is 5.75. The van der Waals surface area contributed by atoms with E-state index in [1.54, 1.807) is 11.8 Å². The summed E-state index contributed by atoms with van der Waals surface area (Å²) in [6, 6.07) is 0. The van der Waals surface area contributed by atoms with Gasteiger partial charge in [0.15, 0.2) is 0 Å². The number of rotatable bonds is 5. The van der Waals surface area contributed by atoms with Crippen molar-refractivity contribution in [1.82, 2.24) is 4.90 Å². The van der Waals surface area contributed by atoms with Crippen molar-refractivity contribution in [3.8, 4) is 0 Å². The number of nitrogens with zero attached hydrogens (tertiary/aromatic N) is 1. The van der Waals surface area contributed by atoms with Crippen molar-refractivity contribution in [2.45, 2.75) is 38.5 Å². The van der Waals surface area contributed by atoms with Gasteiger partial charge in [0.05, 0.1) is 5.75 Å². The predicted molar refractivity (Wildman–Crippen MR) is 68.7 cm³/mol. The summed E-state index contributed by atoms with van der Waals surface area (Å²) in [5.74, 6) is 1.75. The molecule has 3 nitrogen and oxygen atoms in total. The first-order valence-electron chi connectivity index (χ1n) is 6.31. The number of carbonyl (C=O) groups is 1. The van der Waals surface area contributed by atoms with E-state index in [-0.39, 0.29) is 12.5 Å². The summed E-state index contributed by atoms with van der Waals surface area (Å²) < 4.78 is 0. The Labute approximate surface area is 103 Å². The van der Waals surface area contributed by atoms with E-state index in [4.69, 9.17) is 5.11 Å². The maximum atomic E-state index is 11.9. The highest BCUT2D eigenvalue weighted by Crippen LogP contribution is 2.12. The van der Waals surface area contributed by atoms with Gasteiger partial charge < -0.3 is 10.0 Å². The molecule has 4 heteroatoms. The van der Waals surface area contributed by atoms with E-state index in [0.717, 1.165) is 38.1 Å². The van der Waals surface area contributed by atoms with Crippen LogP contribution in [0, 0.1) is 0 Å². The van der Waals surface area contributed by atoms with Crippen LogP contribution in [-0.2, 0) is 4.79 Å². The van der Waals surface area contributed by atoms with Crippen LogP contribution >= 0.6 is 11.8 Å². The van der Waals surface area contributed by atoms with Gasteiger partial charge in [-0.2, -0.15) is 11.8 Å². The smallest absolute Gasteiger partial charge is 0.232 e. The molecule has 94 valence electrons. The van der Waals surface area contributed by atoms with Crippen LogP contribution in [0.2, 0.25) is 0 Å². The van der Waals surface area contributed by atoms with Gasteiger partial charge in [-0.15, -0.1) is 0 Å². The minimum absolute atomic E-state index is 0.227. The number of aliphatic hydroxyl groups is 1. The normalized spacial score (nSPS) is 17.9. The first kappa shape index (κ1) is 13.8. The number of carbonyl (C=O) groups excluding carboxylic acids is 1. The third-order valence-electron chi connectivity index (χ3n) is 2.88. The average Bonchev–Trinajstić information content (AvgIpc) is 2.23. The lowest BCUT2D eigenvalue weighted by atomic mass is 10.1. The molecule has 0 atom stereocenters. The molecular formula is C12H23NO2S. The van der Waals surface area contributed by atoms with Crippen molar-refractivity contribution in [3.63, 3.8) is 0 Å². The van der Waals surface area contributed by atoms with Gasteiger partial charge in [-0.1, -0.05) is 19.3 Å². The zero-order valence-corrected chi connectivity index (χ0v) is 10.8. The van der Waals surface area contributed by atoms with Crippen LogP contribution in [0.1, 0.15) is 38.5 Å². The summed E-state index contributed by atoms with van der Waals surface area (Å²) in [4.78, 5) is 13.9. The number of aliphatic hydroxyl groups excluding tert-OH is 1. The zero-order chi connectivity index (χ0) is 11.6. The maximum Gasteiger partial charge on any atom is 0.232 e. The van der Waals surface area contributed by atoms with Gasteiger partial charge in [-0.25, -0.2) is 0 Å². The summed E-state index contributed by atoms with van der Waals surface area (Å²) in [5.41, 5.74) is 0. The fourth-order valence-corrected chi connectivity index (χ4v) is 2.75. The van der Waals surface area contributed by atoms with E-state index in [0.29, 0.717) is 5.75 Å². The lowest BCUT2D eigenvalue weighted by Gasteiger charge is -2.24. The molecule has 1 N–H and O–H groups in total. The third-order valence-corrected chi connectivity index (χ3v) is 3.91. The SMILES string of the molecule is O=C(CSCCCO)N1CCCCCCC1. The van der Waals surface area contributed by atoms with Gasteiger partial charge in [-0.3, -0.25) is 4.79 Å². The lowest BCUT2D eigenvalue weighted by molar-refractivity contribution is -0.128. The molecule has 16 heavy (non-hydrogen) atoms. The molecule has 0 aromatic carbocycles. The number of hydrogen-bond donors (Lipinski definition) is 1. The van der Waals surface area contributed by atoms with E-state index in [1.807, 2.05) is 4.90 Å². The molecule has 0 radical (unpaired) electrons. The van der Waals surface area contributed by atoms with Gasteiger partial charge in [0.25, 0.3) is 0 Å². The quantitative estimate of drug-likeness (QED) is 0.752. The Kier molecular flexibility index (Phi) is 7.68. The van der Waals surface area contributed by atoms with Gasteiger partial charge in [0, 0.05) is 19.7 Å². The molecule has 0 aromatic heterocycles. The van der Waals surface area contributed by atoms with E-state index in [1.165, 1.54) is 19.3 Å². The minimum Gasteiger partial charge on any atom is -0.396 e. The van der Waals surface area contributed by atoms with E-state index in [9.17, 15) is 4.79 Å². The van der Waals surface area contributed by atoms with Gasteiger partial charge in [0.2, 0.25) is 5.91 Å². The second kappa shape index (κ2) is 8.88. The molecule has 0 spiro atoms. The molecule has 0 unspecified atom stereocenters. The minimum atomic E-state index is 0.227. The Balaban J connectivity index is 2.17. The van der Waals surface area contributed by atoms with Crippen molar-refractivity contribution >= 4 is 17.7 Å². The number of hydrogen-bond acceptors (Lipinski definition) is 3. The summed E-state index contributed by atoms with van der Waals surface area (Å²) in [6.45, 7) is 2.11. The molecule has 0 saturated carbocycles. The Morgan fingerprint density at radius 2 is 1.75 bits per heavy atom. The first-order chi connectivity index (χ1) is 7.84. The van der Waals surface area contributed by atoms with Gasteiger partial charge in [-0.05, 0) is 25.0 Å².